The fourth-order valence-electron chi connectivity index (χ4n) is 2.22. The number of halogens is 1. The van der Waals surface area contributed by atoms with E-state index in [1.165, 1.54) is 0 Å². The van der Waals surface area contributed by atoms with Crippen molar-refractivity contribution < 1.29 is 19.0 Å². The van der Waals surface area contributed by atoms with Gasteiger partial charge in [-0.05, 0) is 37.5 Å². The Morgan fingerprint density at radius 3 is 2.95 bits per heavy atom. The van der Waals surface area contributed by atoms with E-state index in [1.54, 1.807) is 6.92 Å². The molecule has 1 aromatic rings. The number of rotatable bonds is 6. The van der Waals surface area contributed by atoms with Crippen molar-refractivity contribution in [3.63, 3.8) is 0 Å². The molecule has 1 atom stereocenters. The highest BCUT2D eigenvalue weighted by atomic mass is 35.5. The van der Waals surface area contributed by atoms with Crippen LogP contribution in [0, 0.1) is 0 Å². The molecule has 0 saturated heterocycles. The van der Waals surface area contributed by atoms with Crippen LogP contribution in [0.1, 0.15) is 25.3 Å². The average Bonchev–Trinajstić information content (AvgIpc) is 2.45. The summed E-state index contributed by atoms with van der Waals surface area (Å²) in [4.78, 5) is 11.3. The van der Waals surface area contributed by atoms with Crippen molar-refractivity contribution in [3.8, 4) is 11.5 Å². The first kappa shape index (κ1) is 15.9. The van der Waals surface area contributed by atoms with Gasteiger partial charge in [-0.2, -0.15) is 0 Å². The zero-order valence-electron chi connectivity index (χ0n) is 12.1. The molecular formula is C15H20ClNO4. The van der Waals surface area contributed by atoms with E-state index >= 15 is 0 Å². The number of carbonyl (C=O) groups is 1. The standard InChI is InChI=1S/C15H20ClNO4/c1-2-19-14(18)4-3-11(17)7-10-8-12(16)15-13(9-10)20-5-6-21-15/h8-9,11H,2-7,17H2,1H3. The minimum absolute atomic E-state index is 0.131. The third kappa shape index (κ3) is 4.51. The highest BCUT2D eigenvalue weighted by molar-refractivity contribution is 6.32. The van der Waals surface area contributed by atoms with Crippen LogP contribution in [0.2, 0.25) is 5.02 Å². The Hall–Kier alpha value is -1.46. The van der Waals surface area contributed by atoms with Crippen molar-refractivity contribution in [1.29, 1.82) is 0 Å². The number of ether oxygens (including phenoxy) is 3. The number of hydrogen-bond donors (Lipinski definition) is 1. The van der Waals surface area contributed by atoms with Gasteiger partial charge in [0.2, 0.25) is 0 Å². The van der Waals surface area contributed by atoms with Crippen molar-refractivity contribution in [2.24, 2.45) is 5.73 Å². The number of benzene rings is 1. The van der Waals surface area contributed by atoms with Crippen LogP contribution >= 0.6 is 11.6 Å². The summed E-state index contributed by atoms with van der Waals surface area (Å²) in [5, 5.41) is 0.528. The number of esters is 1. The molecule has 116 valence electrons. The molecule has 0 radical (unpaired) electrons. The van der Waals surface area contributed by atoms with E-state index in [0.717, 1.165) is 5.56 Å². The summed E-state index contributed by atoms with van der Waals surface area (Å²) in [6.45, 7) is 3.20. The van der Waals surface area contributed by atoms with Crippen LogP contribution in [-0.4, -0.2) is 31.8 Å². The molecule has 1 heterocycles. The molecule has 1 aromatic carbocycles. The minimum Gasteiger partial charge on any atom is -0.486 e. The Morgan fingerprint density at radius 1 is 1.43 bits per heavy atom. The lowest BCUT2D eigenvalue weighted by Crippen LogP contribution is -2.24. The molecule has 0 amide bonds. The topological polar surface area (TPSA) is 70.8 Å². The minimum atomic E-state index is -0.215. The molecule has 0 fully saturated rings. The lowest BCUT2D eigenvalue weighted by molar-refractivity contribution is -0.143. The first-order chi connectivity index (χ1) is 10.1. The van der Waals surface area contributed by atoms with Gasteiger partial charge in [-0.15, -0.1) is 0 Å². The summed E-state index contributed by atoms with van der Waals surface area (Å²) < 4.78 is 15.9. The van der Waals surface area contributed by atoms with Gasteiger partial charge in [0.1, 0.15) is 13.2 Å². The fourth-order valence-corrected chi connectivity index (χ4v) is 2.51. The molecule has 1 aliphatic heterocycles. The van der Waals surface area contributed by atoms with E-state index in [9.17, 15) is 4.79 Å². The molecular weight excluding hydrogens is 294 g/mol. The molecule has 0 spiro atoms. The van der Waals surface area contributed by atoms with Gasteiger partial charge in [-0.3, -0.25) is 4.79 Å². The Bertz CT molecular complexity index is 507. The van der Waals surface area contributed by atoms with Crippen LogP contribution in [0.15, 0.2) is 12.1 Å². The van der Waals surface area contributed by atoms with Crippen LogP contribution in [0.4, 0.5) is 0 Å². The van der Waals surface area contributed by atoms with Crippen molar-refractivity contribution in [3.05, 3.63) is 22.7 Å². The molecule has 1 aliphatic rings. The van der Waals surface area contributed by atoms with E-state index in [-0.39, 0.29) is 12.0 Å². The van der Waals surface area contributed by atoms with Crippen molar-refractivity contribution in [2.45, 2.75) is 32.2 Å². The quantitative estimate of drug-likeness (QED) is 0.816. The maximum Gasteiger partial charge on any atom is 0.305 e. The lowest BCUT2D eigenvalue weighted by atomic mass is 10.0. The maximum atomic E-state index is 11.3. The zero-order chi connectivity index (χ0) is 15.2. The number of carbonyl (C=O) groups excluding carboxylic acids is 1. The fraction of sp³-hybridized carbons (Fsp3) is 0.533. The van der Waals surface area contributed by atoms with Gasteiger partial charge >= 0.3 is 5.97 Å². The Kier molecular flexibility index (Phi) is 5.70. The SMILES string of the molecule is CCOC(=O)CCC(N)Cc1cc(Cl)c2c(c1)OCCO2. The summed E-state index contributed by atoms with van der Waals surface area (Å²) in [5.74, 6) is 1.03. The summed E-state index contributed by atoms with van der Waals surface area (Å²) in [6, 6.07) is 3.59. The van der Waals surface area contributed by atoms with Crippen molar-refractivity contribution in [1.82, 2.24) is 0 Å². The maximum absolute atomic E-state index is 11.3. The molecule has 0 aliphatic carbocycles. The van der Waals surface area contributed by atoms with Gasteiger partial charge in [0, 0.05) is 12.5 Å². The molecule has 1 unspecified atom stereocenters. The summed E-state index contributed by atoms with van der Waals surface area (Å²) in [5.41, 5.74) is 7.03. The van der Waals surface area contributed by atoms with Crippen molar-refractivity contribution in [2.75, 3.05) is 19.8 Å². The van der Waals surface area contributed by atoms with Gasteiger partial charge in [-0.25, -0.2) is 0 Å². The van der Waals surface area contributed by atoms with Gasteiger partial charge in [0.25, 0.3) is 0 Å². The third-order valence-corrected chi connectivity index (χ3v) is 3.46. The Labute approximate surface area is 129 Å². The predicted octanol–water partition coefficient (Wildman–Crippen LogP) is 2.32. The predicted molar refractivity (Wildman–Crippen MR) is 80.0 cm³/mol. The first-order valence-electron chi connectivity index (χ1n) is 7.09. The summed E-state index contributed by atoms with van der Waals surface area (Å²) >= 11 is 6.18. The molecule has 5 nitrogen and oxygen atoms in total. The number of fused-ring (bicyclic) bond motifs is 1. The molecule has 0 aromatic heterocycles. The van der Waals surface area contributed by atoms with Gasteiger partial charge < -0.3 is 19.9 Å². The van der Waals surface area contributed by atoms with Crippen LogP contribution in [0.25, 0.3) is 0 Å². The molecule has 0 saturated carbocycles. The smallest absolute Gasteiger partial charge is 0.305 e. The molecule has 21 heavy (non-hydrogen) atoms. The highest BCUT2D eigenvalue weighted by Gasteiger charge is 2.18. The van der Waals surface area contributed by atoms with Crippen LogP contribution < -0.4 is 15.2 Å². The van der Waals surface area contributed by atoms with E-state index in [1.807, 2.05) is 12.1 Å². The lowest BCUT2D eigenvalue weighted by Gasteiger charge is -2.21. The number of nitrogens with two attached hydrogens (primary N) is 1. The summed E-state index contributed by atoms with van der Waals surface area (Å²) in [6.07, 6.45) is 1.52. The first-order valence-corrected chi connectivity index (χ1v) is 7.47. The number of hydrogen-bond acceptors (Lipinski definition) is 5. The zero-order valence-corrected chi connectivity index (χ0v) is 12.8. The highest BCUT2D eigenvalue weighted by Crippen LogP contribution is 2.38. The second-order valence-electron chi connectivity index (χ2n) is 4.91. The van der Waals surface area contributed by atoms with Crippen molar-refractivity contribution >= 4 is 17.6 Å². The largest absolute Gasteiger partial charge is 0.486 e. The third-order valence-electron chi connectivity index (χ3n) is 3.18. The van der Waals surface area contributed by atoms with Crippen LogP contribution in [-0.2, 0) is 16.0 Å². The van der Waals surface area contributed by atoms with E-state index in [2.05, 4.69) is 0 Å². The average molecular weight is 314 g/mol. The van der Waals surface area contributed by atoms with E-state index in [4.69, 9.17) is 31.5 Å². The van der Waals surface area contributed by atoms with Gasteiger partial charge in [0.15, 0.2) is 11.5 Å². The van der Waals surface area contributed by atoms with Crippen LogP contribution in [0.3, 0.4) is 0 Å². The summed E-state index contributed by atoms with van der Waals surface area (Å²) in [7, 11) is 0. The van der Waals surface area contributed by atoms with Crippen LogP contribution in [0.5, 0.6) is 11.5 Å². The molecule has 0 bridgehead atoms. The Morgan fingerprint density at radius 2 is 2.19 bits per heavy atom. The molecule has 6 heteroatoms. The second-order valence-corrected chi connectivity index (χ2v) is 5.32. The van der Waals surface area contributed by atoms with Gasteiger partial charge in [-0.1, -0.05) is 11.6 Å². The van der Waals surface area contributed by atoms with E-state index < -0.39 is 0 Å². The normalized spacial score (nSPS) is 14.6. The molecule has 2 N–H and O–H groups in total. The van der Waals surface area contributed by atoms with E-state index in [0.29, 0.717) is 55.6 Å². The Balaban J connectivity index is 1.93. The van der Waals surface area contributed by atoms with Gasteiger partial charge in [0.05, 0.1) is 11.6 Å². The second kappa shape index (κ2) is 7.52. The molecule has 2 rings (SSSR count). The monoisotopic (exact) mass is 313 g/mol.